The summed E-state index contributed by atoms with van der Waals surface area (Å²) in [5.74, 6) is -1.32. The van der Waals surface area contributed by atoms with Crippen LogP contribution in [0, 0.1) is 5.82 Å². The molecule has 1 N–H and O–H groups in total. The molecule has 0 bridgehead atoms. The molecule has 0 radical (unpaired) electrons. The highest BCUT2D eigenvalue weighted by Crippen LogP contribution is 2.31. The Hall–Kier alpha value is -4.26. The van der Waals surface area contributed by atoms with Crippen LogP contribution < -0.4 is 5.69 Å². The topological polar surface area (TPSA) is 111 Å². The zero-order valence-electron chi connectivity index (χ0n) is 20.3. The second kappa shape index (κ2) is 9.56. The van der Waals surface area contributed by atoms with Gasteiger partial charge in [0.1, 0.15) is 5.82 Å². The number of hydrogen-bond donors (Lipinski definition) is 1. The number of alkyl halides is 2. The molecule has 4 aromatic heterocycles. The van der Waals surface area contributed by atoms with E-state index >= 15 is 4.39 Å². The summed E-state index contributed by atoms with van der Waals surface area (Å²) in [5, 5.41) is 13.6. The summed E-state index contributed by atoms with van der Waals surface area (Å²) < 4.78 is 49.1. The van der Waals surface area contributed by atoms with Gasteiger partial charge in [0.15, 0.2) is 0 Å². The lowest BCUT2D eigenvalue weighted by molar-refractivity contribution is 0.116. The molecule has 5 aromatic rings. The average molecular weight is 525 g/mol. The van der Waals surface area contributed by atoms with Gasteiger partial charge in [-0.3, -0.25) is 19.2 Å². The van der Waals surface area contributed by atoms with Crippen LogP contribution in [0.2, 0.25) is 0 Å². The molecule has 13 heteroatoms. The normalized spacial score (nSPS) is 15.2. The third-order valence-electron chi connectivity index (χ3n) is 6.93. The largest absolute Gasteiger partial charge is 0.415 e. The van der Waals surface area contributed by atoms with E-state index in [2.05, 4.69) is 30.3 Å². The summed E-state index contributed by atoms with van der Waals surface area (Å²) in [6, 6.07) is 6.30. The van der Waals surface area contributed by atoms with Crippen molar-refractivity contribution in [3.05, 3.63) is 70.7 Å². The van der Waals surface area contributed by atoms with Crippen molar-refractivity contribution in [3.8, 4) is 22.6 Å². The predicted molar refractivity (Wildman–Crippen MR) is 131 cm³/mol. The number of hydrogen-bond acceptors (Lipinski definition) is 7. The first-order valence-corrected chi connectivity index (χ1v) is 12.1. The van der Waals surface area contributed by atoms with Gasteiger partial charge in [0.25, 0.3) is 5.89 Å². The van der Waals surface area contributed by atoms with Gasteiger partial charge in [-0.05, 0) is 51.2 Å². The quantitative estimate of drug-likeness (QED) is 0.357. The van der Waals surface area contributed by atoms with Crippen LogP contribution >= 0.6 is 0 Å². The molecule has 0 aliphatic carbocycles. The molecule has 1 fully saturated rings. The fraction of sp³-hybridized carbons (Fsp3) is 0.320. The number of nitrogens with zero attached hydrogens (tertiary/aromatic N) is 7. The van der Waals surface area contributed by atoms with Crippen LogP contribution in [-0.2, 0) is 6.54 Å². The third kappa shape index (κ3) is 4.28. The molecule has 0 unspecified atom stereocenters. The zero-order chi connectivity index (χ0) is 26.4. The lowest BCUT2D eigenvalue weighted by atomic mass is 10.0. The van der Waals surface area contributed by atoms with Crippen molar-refractivity contribution in [2.24, 2.45) is 0 Å². The molecule has 0 amide bonds. The summed E-state index contributed by atoms with van der Waals surface area (Å²) in [6.07, 6.45) is 3.29. The van der Waals surface area contributed by atoms with E-state index in [0.717, 1.165) is 25.9 Å². The summed E-state index contributed by atoms with van der Waals surface area (Å²) >= 11 is 0. The maximum atomic E-state index is 15.3. The Morgan fingerprint density at radius 2 is 1.92 bits per heavy atom. The predicted octanol–water partition coefficient (Wildman–Crippen LogP) is 4.03. The van der Waals surface area contributed by atoms with Crippen molar-refractivity contribution in [2.45, 2.75) is 31.9 Å². The van der Waals surface area contributed by atoms with Crippen LogP contribution in [0.5, 0.6) is 0 Å². The van der Waals surface area contributed by atoms with Gasteiger partial charge in [-0.2, -0.15) is 13.9 Å². The van der Waals surface area contributed by atoms with Gasteiger partial charge >= 0.3 is 12.1 Å². The van der Waals surface area contributed by atoms with Crippen LogP contribution in [-0.4, -0.2) is 59.5 Å². The first-order valence-electron chi connectivity index (χ1n) is 12.1. The number of aromatic nitrogens is 7. The van der Waals surface area contributed by atoms with E-state index in [-0.39, 0.29) is 24.2 Å². The van der Waals surface area contributed by atoms with Crippen molar-refractivity contribution in [1.82, 2.24) is 39.4 Å². The number of nitrogens with one attached hydrogen (secondary N) is 1. The number of H-pyrrole nitrogens is 1. The highest BCUT2D eigenvalue weighted by Gasteiger charge is 2.26. The van der Waals surface area contributed by atoms with Gasteiger partial charge in [0, 0.05) is 35.6 Å². The second-order valence-corrected chi connectivity index (χ2v) is 9.37. The molecule has 1 aliphatic rings. The number of benzene rings is 1. The van der Waals surface area contributed by atoms with E-state index in [1.54, 1.807) is 35.2 Å². The van der Waals surface area contributed by atoms with E-state index in [1.165, 1.54) is 16.8 Å². The van der Waals surface area contributed by atoms with Crippen LogP contribution in [0.1, 0.15) is 36.9 Å². The van der Waals surface area contributed by atoms with Gasteiger partial charge in [-0.15, -0.1) is 10.2 Å². The minimum absolute atomic E-state index is 0.0259. The van der Waals surface area contributed by atoms with Gasteiger partial charge in [-0.25, -0.2) is 9.18 Å². The van der Waals surface area contributed by atoms with Gasteiger partial charge in [0.05, 0.1) is 35.0 Å². The fourth-order valence-electron chi connectivity index (χ4n) is 4.92. The summed E-state index contributed by atoms with van der Waals surface area (Å²) in [7, 11) is 2.05. The SMILES string of the molecule is CN1CCC(n2c(=O)n(Cc3ccc(-c4nnc(C(F)F)o4)cn3)c3cc(F)c(-c4cn[nH]c4)cc32)CC1. The monoisotopic (exact) mass is 524 g/mol. The molecule has 38 heavy (non-hydrogen) atoms. The van der Waals surface area contributed by atoms with E-state index in [0.29, 0.717) is 33.4 Å². The lowest BCUT2D eigenvalue weighted by Gasteiger charge is -2.29. The van der Waals surface area contributed by atoms with Gasteiger partial charge < -0.3 is 9.32 Å². The summed E-state index contributed by atoms with van der Waals surface area (Å²) in [5.41, 5.74) is 2.69. The summed E-state index contributed by atoms with van der Waals surface area (Å²) in [4.78, 5) is 20.4. The van der Waals surface area contributed by atoms with E-state index in [4.69, 9.17) is 4.42 Å². The number of likely N-dealkylation sites (tertiary alicyclic amines) is 1. The van der Waals surface area contributed by atoms with Gasteiger partial charge in [-0.1, -0.05) is 0 Å². The van der Waals surface area contributed by atoms with Crippen LogP contribution in [0.4, 0.5) is 13.2 Å². The molecule has 196 valence electrons. The maximum absolute atomic E-state index is 15.3. The lowest BCUT2D eigenvalue weighted by Crippen LogP contribution is -2.36. The van der Waals surface area contributed by atoms with Gasteiger partial charge in [0.2, 0.25) is 5.89 Å². The number of piperidine rings is 1. The van der Waals surface area contributed by atoms with Crippen molar-refractivity contribution in [2.75, 3.05) is 20.1 Å². The smallest absolute Gasteiger partial charge is 0.329 e. The number of rotatable bonds is 6. The first kappa shape index (κ1) is 24.1. The highest BCUT2D eigenvalue weighted by atomic mass is 19.3. The molecular formula is C25H23F3N8O2. The Labute approximate surface area is 213 Å². The third-order valence-corrected chi connectivity index (χ3v) is 6.93. The molecule has 1 aromatic carbocycles. The molecular weight excluding hydrogens is 501 g/mol. The molecule has 1 saturated heterocycles. The minimum atomic E-state index is -2.87. The maximum Gasteiger partial charge on any atom is 0.329 e. The molecule has 6 rings (SSSR count). The van der Waals surface area contributed by atoms with E-state index in [9.17, 15) is 13.6 Å². The molecule has 5 heterocycles. The molecule has 0 saturated carbocycles. The average Bonchev–Trinajstić information content (AvgIpc) is 3.66. The number of fused-ring (bicyclic) bond motifs is 1. The van der Waals surface area contributed by atoms with Crippen molar-refractivity contribution >= 4 is 11.0 Å². The molecule has 10 nitrogen and oxygen atoms in total. The molecule has 1 aliphatic heterocycles. The fourth-order valence-corrected chi connectivity index (χ4v) is 4.92. The molecule has 0 spiro atoms. The van der Waals surface area contributed by atoms with Crippen molar-refractivity contribution in [1.29, 1.82) is 0 Å². The standard InChI is InChI=1S/C25H23F3N8O2/c1-34-6-4-17(5-7-34)36-21-8-18(15-11-30-31-12-15)19(26)9-20(21)35(25(36)37)13-16-3-2-14(10-29-16)23-32-33-24(38-23)22(27)28/h2-3,8-12,17,22H,4-7,13H2,1H3,(H,30,31). The Balaban J connectivity index is 1.40. The minimum Gasteiger partial charge on any atom is -0.415 e. The number of imidazole rings is 1. The van der Waals surface area contributed by atoms with Crippen LogP contribution in [0.15, 0.2) is 52.1 Å². The Kier molecular flexibility index (Phi) is 6.06. The zero-order valence-corrected chi connectivity index (χ0v) is 20.3. The second-order valence-electron chi connectivity index (χ2n) is 9.37. The van der Waals surface area contributed by atoms with Crippen molar-refractivity contribution in [3.63, 3.8) is 0 Å². The Morgan fingerprint density at radius 3 is 2.58 bits per heavy atom. The highest BCUT2D eigenvalue weighted by molar-refractivity contribution is 5.83. The van der Waals surface area contributed by atoms with E-state index < -0.39 is 18.1 Å². The molecule has 0 atom stereocenters. The number of aromatic amines is 1. The number of pyridine rings is 1. The van der Waals surface area contributed by atoms with Crippen LogP contribution in [0.3, 0.4) is 0 Å². The number of halogens is 3. The Bertz CT molecular complexity index is 1630. The van der Waals surface area contributed by atoms with Crippen LogP contribution in [0.25, 0.3) is 33.6 Å². The first-order chi connectivity index (χ1) is 18.4. The van der Waals surface area contributed by atoms with Crippen molar-refractivity contribution < 1.29 is 17.6 Å². The Morgan fingerprint density at radius 1 is 1.11 bits per heavy atom. The summed E-state index contributed by atoms with van der Waals surface area (Å²) in [6.45, 7) is 1.79. The van der Waals surface area contributed by atoms with E-state index in [1.807, 2.05) is 7.05 Å².